The zero-order valence-electron chi connectivity index (χ0n) is 19.2. The number of carbonyl (C=O) groups excluding carboxylic acids is 1. The second-order valence-electron chi connectivity index (χ2n) is 8.37. The lowest BCUT2D eigenvalue weighted by molar-refractivity contribution is -0.128. The topological polar surface area (TPSA) is 56.8 Å². The average molecular weight is 414 g/mol. The van der Waals surface area contributed by atoms with Gasteiger partial charge >= 0.3 is 0 Å². The number of benzene rings is 2. The van der Waals surface area contributed by atoms with Crippen LogP contribution in [0.2, 0.25) is 0 Å². The van der Waals surface area contributed by atoms with Gasteiger partial charge in [0.2, 0.25) is 0 Å². The van der Waals surface area contributed by atoms with Gasteiger partial charge in [-0.15, -0.1) is 0 Å². The van der Waals surface area contributed by atoms with Crippen molar-refractivity contribution in [2.45, 2.75) is 65.0 Å². The van der Waals surface area contributed by atoms with Crippen molar-refractivity contribution < 1.29 is 19.0 Å². The van der Waals surface area contributed by atoms with Crippen LogP contribution in [-0.2, 0) is 10.2 Å². The molecule has 2 aromatic rings. The molecule has 0 aromatic heterocycles. The highest BCUT2D eigenvalue weighted by Crippen LogP contribution is 2.31. The van der Waals surface area contributed by atoms with E-state index in [0.717, 1.165) is 12.0 Å². The Bertz CT molecular complexity index is 824. The van der Waals surface area contributed by atoms with Gasteiger partial charge in [-0.05, 0) is 53.6 Å². The molecule has 0 bridgehead atoms. The summed E-state index contributed by atoms with van der Waals surface area (Å²) in [4.78, 5) is 12.9. The second-order valence-corrected chi connectivity index (χ2v) is 8.37. The maximum absolute atomic E-state index is 12.9. The van der Waals surface area contributed by atoms with Crippen LogP contribution in [0.15, 0.2) is 42.5 Å². The molecule has 2 aromatic carbocycles. The van der Waals surface area contributed by atoms with Gasteiger partial charge in [-0.3, -0.25) is 4.79 Å². The molecule has 0 aliphatic rings. The maximum atomic E-state index is 12.9. The van der Waals surface area contributed by atoms with E-state index in [-0.39, 0.29) is 17.4 Å². The number of rotatable bonds is 9. The van der Waals surface area contributed by atoms with Crippen LogP contribution in [0.3, 0.4) is 0 Å². The highest BCUT2D eigenvalue weighted by atomic mass is 16.5. The predicted molar refractivity (Wildman–Crippen MR) is 121 cm³/mol. The number of hydrogen-bond donors (Lipinski definition) is 1. The molecule has 0 saturated heterocycles. The number of methoxy groups -OCH3 is 2. The minimum absolute atomic E-state index is 0.0772. The van der Waals surface area contributed by atoms with Crippen molar-refractivity contribution in [2.75, 3.05) is 14.2 Å². The molecule has 5 heteroatoms. The van der Waals surface area contributed by atoms with Gasteiger partial charge < -0.3 is 19.5 Å². The fourth-order valence-electron chi connectivity index (χ4n) is 3.28. The van der Waals surface area contributed by atoms with Crippen LogP contribution in [0.25, 0.3) is 0 Å². The molecule has 0 heterocycles. The summed E-state index contributed by atoms with van der Waals surface area (Å²) >= 11 is 0. The van der Waals surface area contributed by atoms with Crippen LogP contribution in [0.1, 0.15) is 64.6 Å². The summed E-state index contributed by atoms with van der Waals surface area (Å²) in [5, 5.41) is 3.12. The molecule has 0 unspecified atom stereocenters. The van der Waals surface area contributed by atoms with Gasteiger partial charge in [0.05, 0.1) is 20.3 Å². The Morgan fingerprint density at radius 2 is 1.57 bits per heavy atom. The zero-order valence-corrected chi connectivity index (χ0v) is 19.2. The highest BCUT2D eigenvalue weighted by Gasteiger charge is 2.23. The van der Waals surface area contributed by atoms with E-state index in [1.807, 2.05) is 44.2 Å². The van der Waals surface area contributed by atoms with Crippen LogP contribution >= 0.6 is 0 Å². The normalized spacial score (nSPS) is 13.3. The second kappa shape index (κ2) is 10.4. The van der Waals surface area contributed by atoms with E-state index < -0.39 is 6.10 Å². The van der Waals surface area contributed by atoms with Crippen molar-refractivity contribution in [3.8, 4) is 17.2 Å². The third-order valence-electron chi connectivity index (χ3n) is 5.20. The molecule has 0 saturated carbocycles. The average Bonchev–Trinajstić information content (AvgIpc) is 2.74. The van der Waals surface area contributed by atoms with Gasteiger partial charge in [-0.1, -0.05) is 52.8 Å². The molecule has 0 radical (unpaired) electrons. The monoisotopic (exact) mass is 413 g/mol. The van der Waals surface area contributed by atoms with E-state index in [4.69, 9.17) is 14.2 Å². The van der Waals surface area contributed by atoms with Gasteiger partial charge in [0.1, 0.15) is 5.75 Å². The third-order valence-corrected chi connectivity index (χ3v) is 5.20. The lowest BCUT2D eigenvalue weighted by Gasteiger charge is -2.24. The van der Waals surface area contributed by atoms with Gasteiger partial charge in [0.25, 0.3) is 5.91 Å². The van der Waals surface area contributed by atoms with Crippen molar-refractivity contribution in [2.24, 2.45) is 0 Å². The third kappa shape index (κ3) is 5.91. The Morgan fingerprint density at radius 3 is 2.07 bits per heavy atom. The summed E-state index contributed by atoms with van der Waals surface area (Å²) in [6.07, 6.45) is 0.771. The Kier molecular flexibility index (Phi) is 8.16. The van der Waals surface area contributed by atoms with Crippen LogP contribution in [-0.4, -0.2) is 26.2 Å². The number of amides is 1. The fraction of sp³-hybridized carbons (Fsp3) is 0.480. The number of ether oxygens (including phenoxy) is 3. The molecule has 2 atom stereocenters. The summed E-state index contributed by atoms with van der Waals surface area (Å²) in [5.74, 6) is 1.88. The SMILES string of the molecule is CC[C@H](Oc1ccc(C(C)(C)C)cc1)C(=O)N[C@H](CC)c1ccc(OC)c(OC)c1. The van der Waals surface area contributed by atoms with Crippen molar-refractivity contribution in [1.29, 1.82) is 0 Å². The van der Waals surface area contributed by atoms with Gasteiger partial charge in [-0.25, -0.2) is 0 Å². The van der Waals surface area contributed by atoms with Gasteiger partial charge in [-0.2, -0.15) is 0 Å². The Morgan fingerprint density at radius 1 is 0.933 bits per heavy atom. The smallest absolute Gasteiger partial charge is 0.261 e. The first kappa shape index (κ1) is 23.6. The summed E-state index contributed by atoms with van der Waals surface area (Å²) < 4.78 is 16.7. The van der Waals surface area contributed by atoms with Crippen molar-refractivity contribution >= 4 is 5.91 Å². The molecule has 2 rings (SSSR count). The highest BCUT2D eigenvalue weighted by molar-refractivity contribution is 5.81. The Labute approximate surface area is 180 Å². The molecule has 0 fully saturated rings. The van der Waals surface area contributed by atoms with E-state index in [1.54, 1.807) is 14.2 Å². The summed E-state index contributed by atoms with van der Waals surface area (Å²) in [6, 6.07) is 13.5. The van der Waals surface area contributed by atoms with Gasteiger partial charge in [0.15, 0.2) is 17.6 Å². The molecule has 0 aliphatic heterocycles. The Balaban J connectivity index is 2.11. The first-order valence-electron chi connectivity index (χ1n) is 10.5. The summed E-state index contributed by atoms with van der Waals surface area (Å²) in [5.41, 5.74) is 2.27. The first-order valence-corrected chi connectivity index (χ1v) is 10.5. The number of carbonyl (C=O) groups is 1. The van der Waals surface area contributed by atoms with E-state index in [9.17, 15) is 4.79 Å². The predicted octanol–water partition coefficient (Wildman–Crippen LogP) is 5.43. The molecule has 0 aliphatic carbocycles. The molecular weight excluding hydrogens is 378 g/mol. The van der Waals surface area contributed by atoms with E-state index in [0.29, 0.717) is 23.7 Å². The summed E-state index contributed by atoms with van der Waals surface area (Å²) in [6.45, 7) is 10.5. The van der Waals surface area contributed by atoms with Crippen LogP contribution in [0.5, 0.6) is 17.2 Å². The van der Waals surface area contributed by atoms with E-state index in [1.165, 1.54) is 5.56 Å². The molecule has 5 nitrogen and oxygen atoms in total. The van der Waals surface area contributed by atoms with Gasteiger partial charge in [0, 0.05) is 0 Å². The van der Waals surface area contributed by atoms with Crippen molar-refractivity contribution in [3.05, 3.63) is 53.6 Å². The minimum Gasteiger partial charge on any atom is -0.493 e. The first-order chi connectivity index (χ1) is 14.2. The zero-order chi connectivity index (χ0) is 22.3. The molecular formula is C25H35NO4. The standard InChI is InChI=1S/C25H35NO4/c1-8-20(17-10-15-22(28-6)23(16-17)29-7)26-24(27)21(9-2)30-19-13-11-18(12-14-19)25(3,4)5/h10-16,20-21H,8-9H2,1-7H3,(H,26,27)/t20-,21+/m1/s1. The van der Waals surface area contributed by atoms with Crippen molar-refractivity contribution in [1.82, 2.24) is 5.32 Å². The molecule has 1 amide bonds. The largest absolute Gasteiger partial charge is 0.493 e. The maximum Gasteiger partial charge on any atom is 0.261 e. The lowest BCUT2D eigenvalue weighted by Crippen LogP contribution is -2.40. The van der Waals surface area contributed by atoms with E-state index in [2.05, 4.69) is 38.2 Å². The lowest BCUT2D eigenvalue weighted by atomic mass is 9.87. The van der Waals surface area contributed by atoms with Crippen molar-refractivity contribution in [3.63, 3.8) is 0 Å². The van der Waals surface area contributed by atoms with Crippen LogP contribution in [0.4, 0.5) is 0 Å². The molecule has 164 valence electrons. The number of hydrogen-bond acceptors (Lipinski definition) is 4. The van der Waals surface area contributed by atoms with E-state index >= 15 is 0 Å². The number of nitrogens with one attached hydrogen (secondary N) is 1. The van der Waals surface area contributed by atoms with Crippen LogP contribution < -0.4 is 19.5 Å². The minimum atomic E-state index is -0.556. The molecule has 30 heavy (non-hydrogen) atoms. The molecule has 0 spiro atoms. The van der Waals surface area contributed by atoms with Crippen LogP contribution in [0, 0.1) is 0 Å². The molecule has 1 N–H and O–H groups in total. The Hall–Kier alpha value is -2.69. The summed E-state index contributed by atoms with van der Waals surface area (Å²) in [7, 11) is 3.21. The quantitative estimate of drug-likeness (QED) is 0.596. The fourth-order valence-corrected chi connectivity index (χ4v) is 3.28.